The molecular weight excluding hydrogens is 882 g/mol. The second-order valence-electron chi connectivity index (χ2n) is 20.2. The van der Waals surface area contributed by atoms with Crippen molar-refractivity contribution in [3.63, 3.8) is 0 Å². The summed E-state index contributed by atoms with van der Waals surface area (Å²) in [6, 6.07) is 0. The maximum atomic E-state index is 12.7. The van der Waals surface area contributed by atoms with Crippen molar-refractivity contribution < 1.29 is 37.6 Å². The molecule has 0 saturated carbocycles. The molecule has 0 aliphatic rings. The quantitative estimate of drug-likeness (QED) is 0.0264. The molecule has 0 aliphatic carbocycles. The van der Waals surface area contributed by atoms with Gasteiger partial charge in [0.15, 0.2) is 6.10 Å². The Morgan fingerprint density at radius 1 is 0.435 bits per heavy atom. The average Bonchev–Trinajstić information content (AvgIpc) is 3.34. The van der Waals surface area contributed by atoms with E-state index in [9.17, 15) is 19.0 Å². The number of nitrogens with two attached hydrogens (primary N) is 1. The fourth-order valence-corrected chi connectivity index (χ4v) is 9.67. The summed E-state index contributed by atoms with van der Waals surface area (Å²) >= 11 is 0. The maximum absolute atomic E-state index is 12.7. The van der Waals surface area contributed by atoms with Gasteiger partial charge in [-0.25, -0.2) is 4.57 Å². The first-order valence-electron chi connectivity index (χ1n) is 29.8. The summed E-state index contributed by atoms with van der Waals surface area (Å²) in [6.45, 7) is 3.79. The van der Waals surface area contributed by atoms with Gasteiger partial charge in [-0.2, -0.15) is 0 Å². The molecule has 2 atom stereocenters. The number of hydrogen-bond acceptors (Lipinski definition) is 8. The molecule has 408 valence electrons. The van der Waals surface area contributed by atoms with Crippen LogP contribution in [0, 0.1) is 0 Å². The SMILES string of the molecule is CCCCCCC/C=C\C/C=C\CCCCCCCCCCCCCCCCCCCCCC(=O)OC(COC(=O)CCCCCCCCCCCCCCCCCCC)COP(=O)(O)OCCN. The lowest BCUT2D eigenvalue weighted by Gasteiger charge is -2.19. The summed E-state index contributed by atoms with van der Waals surface area (Å²) in [5, 5.41) is 0. The fourth-order valence-electron chi connectivity index (χ4n) is 8.91. The van der Waals surface area contributed by atoms with Crippen molar-refractivity contribution in [2.45, 2.75) is 315 Å². The Bertz CT molecular complexity index is 1180. The van der Waals surface area contributed by atoms with Crippen LogP contribution in [0.4, 0.5) is 0 Å². The number of esters is 2. The molecule has 0 aromatic heterocycles. The third kappa shape index (κ3) is 55.7. The van der Waals surface area contributed by atoms with Crippen molar-refractivity contribution in [2.24, 2.45) is 5.73 Å². The topological polar surface area (TPSA) is 134 Å². The van der Waals surface area contributed by atoms with E-state index in [1.807, 2.05) is 0 Å². The number of rotatable bonds is 57. The summed E-state index contributed by atoms with van der Waals surface area (Å²) in [4.78, 5) is 35.2. The Kier molecular flexibility index (Phi) is 54.6. The Balaban J connectivity index is 3.86. The first kappa shape index (κ1) is 67.5. The highest BCUT2D eigenvalue weighted by Crippen LogP contribution is 2.43. The lowest BCUT2D eigenvalue weighted by molar-refractivity contribution is -0.161. The van der Waals surface area contributed by atoms with E-state index in [1.165, 1.54) is 238 Å². The molecule has 0 amide bonds. The van der Waals surface area contributed by atoms with E-state index >= 15 is 0 Å². The van der Waals surface area contributed by atoms with Gasteiger partial charge < -0.3 is 20.1 Å². The van der Waals surface area contributed by atoms with Crippen LogP contribution >= 0.6 is 7.82 Å². The third-order valence-corrected chi connectivity index (χ3v) is 14.3. The van der Waals surface area contributed by atoms with Crippen molar-refractivity contribution in [2.75, 3.05) is 26.4 Å². The van der Waals surface area contributed by atoms with E-state index in [0.29, 0.717) is 6.42 Å². The normalized spacial score (nSPS) is 13.2. The minimum Gasteiger partial charge on any atom is -0.462 e. The lowest BCUT2D eigenvalue weighted by atomic mass is 10.0. The van der Waals surface area contributed by atoms with Crippen molar-refractivity contribution in [3.8, 4) is 0 Å². The van der Waals surface area contributed by atoms with E-state index in [-0.39, 0.29) is 38.6 Å². The highest BCUT2D eigenvalue weighted by Gasteiger charge is 2.26. The summed E-state index contributed by atoms with van der Waals surface area (Å²) in [6.07, 6.45) is 65.3. The number of allylic oxidation sites excluding steroid dienone is 4. The van der Waals surface area contributed by atoms with Gasteiger partial charge in [0.25, 0.3) is 0 Å². The molecule has 69 heavy (non-hydrogen) atoms. The molecule has 0 radical (unpaired) electrons. The van der Waals surface area contributed by atoms with Gasteiger partial charge >= 0.3 is 19.8 Å². The summed E-state index contributed by atoms with van der Waals surface area (Å²) in [7, 11) is -4.38. The molecule has 0 bridgehead atoms. The third-order valence-electron chi connectivity index (χ3n) is 13.3. The van der Waals surface area contributed by atoms with Gasteiger partial charge in [0.1, 0.15) is 6.61 Å². The zero-order valence-corrected chi connectivity index (χ0v) is 46.5. The minimum absolute atomic E-state index is 0.0567. The molecule has 0 spiro atoms. The van der Waals surface area contributed by atoms with E-state index in [1.54, 1.807) is 0 Å². The number of carbonyl (C=O) groups excluding carboxylic acids is 2. The van der Waals surface area contributed by atoms with Crippen LogP contribution in [0.15, 0.2) is 24.3 Å². The van der Waals surface area contributed by atoms with E-state index in [2.05, 4.69) is 38.2 Å². The standard InChI is InChI=1S/C59H114NO8P/c1-3-5-7-9-11-13-15-17-19-21-22-23-24-25-26-27-28-29-30-31-32-33-34-36-38-40-42-44-46-48-50-52-59(62)68-57(56-67-69(63,64)66-54-53-60)55-65-58(61)51-49-47-45-43-41-39-37-35-20-18-16-14-12-10-8-6-4-2/h15,17,21-22,57H,3-14,16,18-20,23-56,60H2,1-2H3,(H,63,64)/b17-15-,22-21-. The molecule has 0 rings (SSSR count). The zero-order valence-electron chi connectivity index (χ0n) is 45.6. The molecule has 0 aromatic carbocycles. The van der Waals surface area contributed by atoms with Crippen LogP contribution in [0.5, 0.6) is 0 Å². The minimum atomic E-state index is -4.38. The molecule has 9 nitrogen and oxygen atoms in total. The smallest absolute Gasteiger partial charge is 0.462 e. The lowest BCUT2D eigenvalue weighted by Crippen LogP contribution is -2.29. The number of phosphoric ester groups is 1. The van der Waals surface area contributed by atoms with E-state index in [0.717, 1.165) is 38.5 Å². The molecule has 10 heteroatoms. The van der Waals surface area contributed by atoms with Crippen LogP contribution in [-0.2, 0) is 32.7 Å². The molecule has 0 aromatic rings. The zero-order chi connectivity index (χ0) is 50.2. The van der Waals surface area contributed by atoms with Gasteiger partial charge in [0.05, 0.1) is 13.2 Å². The maximum Gasteiger partial charge on any atom is 0.472 e. The molecule has 2 unspecified atom stereocenters. The Hall–Kier alpha value is -1.51. The molecule has 0 heterocycles. The number of carbonyl (C=O) groups is 2. The summed E-state index contributed by atoms with van der Waals surface area (Å²) < 4.78 is 33.0. The fraction of sp³-hybridized carbons (Fsp3) is 0.898. The van der Waals surface area contributed by atoms with E-state index in [4.69, 9.17) is 24.3 Å². The average molecular weight is 997 g/mol. The van der Waals surface area contributed by atoms with Crippen molar-refractivity contribution in [1.29, 1.82) is 0 Å². The molecule has 3 N–H and O–H groups in total. The second kappa shape index (κ2) is 55.8. The van der Waals surface area contributed by atoms with Crippen molar-refractivity contribution in [3.05, 3.63) is 24.3 Å². The van der Waals surface area contributed by atoms with Crippen LogP contribution in [0.25, 0.3) is 0 Å². The highest BCUT2D eigenvalue weighted by molar-refractivity contribution is 7.47. The molecule has 0 aliphatic heterocycles. The Morgan fingerprint density at radius 2 is 0.754 bits per heavy atom. The van der Waals surface area contributed by atoms with Gasteiger partial charge in [-0.15, -0.1) is 0 Å². The van der Waals surface area contributed by atoms with Gasteiger partial charge in [-0.1, -0.05) is 276 Å². The van der Waals surface area contributed by atoms with Crippen LogP contribution in [-0.4, -0.2) is 49.3 Å². The Labute approximate surface area is 427 Å². The molecular formula is C59H114NO8P. The molecule has 0 fully saturated rings. The van der Waals surface area contributed by atoms with Crippen LogP contribution in [0.2, 0.25) is 0 Å². The van der Waals surface area contributed by atoms with Crippen molar-refractivity contribution in [1.82, 2.24) is 0 Å². The highest BCUT2D eigenvalue weighted by atomic mass is 31.2. The Morgan fingerprint density at radius 3 is 1.10 bits per heavy atom. The summed E-state index contributed by atoms with van der Waals surface area (Å²) in [5.41, 5.74) is 5.38. The van der Waals surface area contributed by atoms with Gasteiger partial charge in [0, 0.05) is 19.4 Å². The number of phosphoric acid groups is 1. The van der Waals surface area contributed by atoms with Crippen LogP contribution < -0.4 is 5.73 Å². The predicted octanol–water partition coefficient (Wildman–Crippen LogP) is 18.6. The van der Waals surface area contributed by atoms with Gasteiger partial charge in [-0.3, -0.25) is 18.6 Å². The number of hydrogen-bond donors (Lipinski definition) is 2. The first-order chi connectivity index (χ1) is 33.8. The van der Waals surface area contributed by atoms with Crippen molar-refractivity contribution >= 4 is 19.8 Å². The summed E-state index contributed by atoms with van der Waals surface area (Å²) in [5.74, 6) is -0.808. The number of unbranched alkanes of at least 4 members (excludes halogenated alkanes) is 40. The van der Waals surface area contributed by atoms with E-state index < -0.39 is 26.5 Å². The first-order valence-corrected chi connectivity index (χ1v) is 31.3. The van der Waals surface area contributed by atoms with Gasteiger partial charge in [-0.05, 0) is 44.9 Å². The van der Waals surface area contributed by atoms with Crippen LogP contribution in [0.1, 0.15) is 309 Å². The van der Waals surface area contributed by atoms with Gasteiger partial charge in [0.2, 0.25) is 0 Å². The van der Waals surface area contributed by atoms with Crippen LogP contribution in [0.3, 0.4) is 0 Å². The molecule has 0 saturated heterocycles. The largest absolute Gasteiger partial charge is 0.472 e. The predicted molar refractivity (Wildman–Crippen MR) is 294 cm³/mol. The monoisotopic (exact) mass is 996 g/mol. The second-order valence-corrected chi connectivity index (χ2v) is 21.7. The number of ether oxygens (including phenoxy) is 2.